The first-order valence-electron chi connectivity index (χ1n) is 6.48. The number of hydrogen-bond donors (Lipinski definition) is 1. The third kappa shape index (κ3) is 5.35. The largest absolute Gasteiger partial charge is 0.347 e. The van der Waals surface area contributed by atoms with E-state index in [0.717, 1.165) is 12.0 Å². The average Bonchev–Trinajstić information content (AvgIpc) is 2.12. The molecule has 1 aromatic rings. The van der Waals surface area contributed by atoms with E-state index < -0.39 is 0 Å². The SMILES string of the molecule is CC(C)(C)Cc1cccc(C(=O)NC(C)(C)C)c1. The zero-order valence-electron chi connectivity index (χ0n) is 12.4. The second kappa shape index (κ2) is 5.13. The van der Waals surface area contributed by atoms with Gasteiger partial charge in [0.15, 0.2) is 0 Å². The average molecular weight is 247 g/mol. The number of carbonyl (C=O) groups is 1. The Hall–Kier alpha value is -1.31. The molecule has 0 unspecified atom stereocenters. The van der Waals surface area contributed by atoms with Crippen molar-refractivity contribution in [2.75, 3.05) is 0 Å². The van der Waals surface area contributed by atoms with Crippen molar-refractivity contribution in [2.45, 2.75) is 53.5 Å². The van der Waals surface area contributed by atoms with Gasteiger partial charge in [0.2, 0.25) is 0 Å². The van der Waals surface area contributed by atoms with Crippen molar-refractivity contribution >= 4 is 5.91 Å². The van der Waals surface area contributed by atoms with Crippen molar-refractivity contribution in [3.05, 3.63) is 35.4 Å². The summed E-state index contributed by atoms with van der Waals surface area (Å²) in [6, 6.07) is 7.90. The molecule has 1 rings (SSSR count). The van der Waals surface area contributed by atoms with E-state index >= 15 is 0 Å². The molecule has 0 radical (unpaired) electrons. The predicted octanol–water partition coefficient (Wildman–Crippen LogP) is 3.80. The van der Waals surface area contributed by atoms with Gasteiger partial charge in [-0.15, -0.1) is 0 Å². The zero-order valence-corrected chi connectivity index (χ0v) is 12.4. The first-order valence-corrected chi connectivity index (χ1v) is 6.48. The molecule has 1 amide bonds. The topological polar surface area (TPSA) is 29.1 Å². The number of carbonyl (C=O) groups excluding carboxylic acids is 1. The van der Waals surface area contributed by atoms with E-state index in [9.17, 15) is 4.79 Å². The van der Waals surface area contributed by atoms with Crippen LogP contribution in [0, 0.1) is 5.41 Å². The number of benzene rings is 1. The molecule has 0 fully saturated rings. The first-order chi connectivity index (χ1) is 8.07. The van der Waals surface area contributed by atoms with Crippen LogP contribution in [0.3, 0.4) is 0 Å². The molecule has 0 bridgehead atoms. The Bertz CT molecular complexity index is 421. The maximum atomic E-state index is 12.1. The third-order valence-corrected chi connectivity index (χ3v) is 2.41. The summed E-state index contributed by atoms with van der Waals surface area (Å²) in [6.07, 6.45) is 0.976. The van der Waals surface area contributed by atoms with Crippen LogP contribution < -0.4 is 5.32 Å². The highest BCUT2D eigenvalue weighted by Crippen LogP contribution is 2.21. The van der Waals surface area contributed by atoms with Crippen molar-refractivity contribution < 1.29 is 4.79 Å². The standard InChI is InChI=1S/C16H25NO/c1-15(2,3)11-12-8-7-9-13(10-12)14(18)17-16(4,5)6/h7-10H,11H2,1-6H3,(H,17,18). The molecule has 0 atom stereocenters. The molecular weight excluding hydrogens is 222 g/mol. The monoisotopic (exact) mass is 247 g/mol. The summed E-state index contributed by atoms with van der Waals surface area (Å²) in [7, 11) is 0. The molecule has 0 spiro atoms. The summed E-state index contributed by atoms with van der Waals surface area (Å²) in [5, 5.41) is 2.99. The quantitative estimate of drug-likeness (QED) is 0.846. The van der Waals surface area contributed by atoms with Crippen molar-refractivity contribution in [3.63, 3.8) is 0 Å². The molecule has 0 saturated carbocycles. The fourth-order valence-electron chi connectivity index (χ4n) is 1.85. The molecule has 0 heterocycles. The summed E-state index contributed by atoms with van der Waals surface area (Å²) in [5.41, 5.74) is 1.99. The van der Waals surface area contributed by atoms with Crippen LogP contribution in [0.1, 0.15) is 57.5 Å². The molecule has 2 heteroatoms. The van der Waals surface area contributed by atoms with Crippen LogP contribution in [-0.2, 0) is 6.42 Å². The smallest absolute Gasteiger partial charge is 0.251 e. The Labute approximate surface area is 111 Å². The van der Waals surface area contributed by atoms with E-state index in [4.69, 9.17) is 0 Å². The highest BCUT2D eigenvalue weighted by atomic mass is 16.1. The molecule has 2 nitrogen and oxygen atoms in total. The summed E-state index contributed by atoms with van der Waals surface area (Å²) in [4.78, 5) is 12.1. The van der Waals surface area contributed by atoms with Crippen LogP contribution in [0.2, 0.25) is 0 Å². The van der Waals surface area contributed by atoms with Gasteiger partial charge in [0.1, 0.15) is 0 Å². The lowest BCUT2D eigenvalue weighted by molar-refractivity contribution is 0.0919. The minimum atomic E-state index is -0.197. The summed E-state index contributed by atoms with van der Waals surface area (Å²) >= 11 is 0. The van der Waals surface area contributed by atoms with Gasteiger partial charge in [0.25, 0.3) is 5.91 Å². The Morgan fingerprint density at radius 2 is 1.72 bits per heavy atom. The van der Waals surface area contributed by atoms with Gasteiger partial charge in [-0.2, -0.15) is 0 Å². The van der Waals surface area contributed by atoms with Crippen molar-refractivity contribution in [1.82, 2.24) is 5.32 Å². The van der Waals surface area contributed by atoms with Gasteiger partial charge >= 0.3 is 0 Å². The predicted molar refractivity (Wildman–Crippen MR) is 76.8 cm³/mol. The van der Waals surface area contributed by atoms with Crippen LogP contribution in [0.15, 0.2) is 24.3 Å². The maximum Gasteiger partial charge on any atom is 0.251 e. The zero-order chi connectivity index (χ0) is 14.0. The molecule has 18 heavy (non-hydrogen) atoms. The second-order valence-corrected chi connectivity index (χ2v) is 7.14. The molecule has 0 aromatic heterocycles. The molecule has 0 aliphatic heterocycles. The van der Waals surface area contributed by atoms with Crippen LogP contribution in [0.25, 0.3) is 0 Å². The normalized spacial score (nSPS) is 12.3. The van der Waals surface area contributed by atoms with Crippen molar-refractivity contribution in [3.8, 4) is 0 Å². The van der Waals surface area contributed by atoms with Crippen LogP contribution in [0.5, 0.6) is 0 Å². The lowest BCUT2D eigenvalue weighted by atomic mass is 9.87. The van der Waals surface area contributed by atoms with Gasteiger partial charge in [-0.25, -0.2) is 0 Å². The molecular formula is C16H25NO. The Morgan fingerprint density at radius 1 is 1.11 bits per heavy atom. The molecule has 1 aromatic carbocycles. The summed E-state index contributed by atoms with van der Waals surface area (Å²) < 4.78 is 0. The van der Waals surface area contributed by atoms with Crippen LogP contribution >= 0.6 is 0 Å². The molecule has 0 aliphatic rings. The lowest BCUT2D eigenvalue weighted by Crippen LogP contribution is -2.40. The Balaban J connectivity index is 2.85. The van der Waals surface area contributed by atoms with E-state index in [2.05, 4.69) is 32.2 Å². The fourth-order valence-corrected chi connectivity index (χ4v) is 1.85. The number of hydrogen-bond acceptors (Lipinski definition) is 1. The van der Waals surface area contributed by atoms with Crippen molar-refractivity contribution in [1.29, 1.82) is 0 Å². The molecule has 1 N–H and O–H groups in total. The summed E-state index contributed by atoms with van der Waals surface area (Å²) in [5.74, 6) is -0.00161. The molecule has 0 saturated heterocycles. The molecule has 0 aliphatic carbocycles. The first kappa shape index (κ1) is 14.7. The molecule has 100 valence electrons. The number of amides is 1. The highest BCUT2D eigenvalue weighted by molar-refractivity contribution is 5.94. The lowest BCUT2D eigenvalue weighted by Gasteiger charge is -2.21. The minimum Gasteiger partial charge on any atom is -0.347 e. The maximum absolute atomic E-state index is 12.1. The van der Waals surface area contributed by atoms with E-state index in [-0.39, 0.29) is 16.9 Å². The second-order valence-electron chi connectivity index (χ2n) is 7.14. The minimum absolute atomic E-state index is 0.00161. The van der Waals surface area contributed by atoms with Gasteiger partial charge in [0.05, 0.1) is 0 Å². The summed E-state index contributed by atoms with van der Waals surface area (Å²) in [6.45, 7) is 12.6. The highest BCUT2D eigenvalue weighted by Gasteiger charge is 2.16. The van der Waals surface area contributed by atoms with E-state index in [0.29, 0.717) is 0 Å². The van der Waals surface area contributed by atoms with E-state index in [1.807, 2.05) is 39.0 Å². The Kier molecular flexibility index (Phi) is 4.20. The third-order valence-electron chi connectivity index (χ3n) is 2.41. The van der Waals surface area contributed by atoms with Crippen molar-refractivity contribution in [2.24, 2.45) is 5.41 Å². The van der Waals surface area contributed by atoms with E-state index in [1.165, 1.54) is 5.56 Å². The Morgan fingerprint density at radius 3 is 2.22 bits per heavy atom. The van der Waals surface area contributed by atoms with Crippen LogP contribution in [-0.4, -0.2) is 11.4 Å². The fraction of sp³-hybridized carbons (Fsp3) is 0.562. The van der Waals surface area contributed by atoms with Gasteiger partial charge in [0, 0.05) is 11.1 Å². The van der Waals surface area contributed by atoms with Gasteiger partial charge in [-0.3, -0.25) is 4.79 Å². The van der Waals surface area contributed by atoms with Gasteiger partial charge in [-0.1, -0.05) is 32.9 Å². The van der Waals surface area contributed by atoms with Gasteiger partial charge < -0.3 is 5.32 Å². The van der Waals surface area contributed by atoms with E-state index in [1.54, 1.807) is 0 Å². The van der Waals surface area contributed by atoms with Crippen LogP contribution in [0.4, 0.5) is 0 Å². The number of nitrogens with one attached hydrogen (secondary N) is 1. The van der Waals surface area contributed by atoms with Gasteiger partial charge in [-0.05, 0) is 50.3 Å². The number of rotatable bonds is 2.